The van der Waals surface area contributed by atoms with Gasteiger partial charge in [0, 0.05) is 6.54 Å². The van der Waals surface area contributed by atoms with E-state index in [-0.39, 0.29) is 0 Å². The van der Waals surface area contributed by atoms with E-state index < -0.39 is 0 Å². The highest BCUT2D eigenvalue weighted by Crippen LogP contribution is 2.16. The fourth-order valence-corrected chi connectivity index (χ4v) is 2.52. The summed E-state index contributed by atoms with van der Waals surface area (Å²) < 4.78 is 5.53. The average molecular weight is 236 g/mol. The zero-order valence-electron chi connectivity index (χ0n) is 11.0. The summed E-state index contributed by atoms with van der Waals surface area (Å²) in [5, 5.41) is 3.48. The molecule has 3 nitrogen and oxygen atoms in total. The number of hydrogen-bond donors (Lipinski definition) is 1. The number of hydrogen-bond acceptors (Lipinski definition) is 3. The lowest BCUT2D eigenvalue weighted by Gasteiger charge is -2.29. The molecule has 17 heavy (non-hydrogen) atoms. The van der Waals surface area contributed by atoms with Crippen LogP contribution < -0.4 is 5.32 Å². The van der Waals surface area contributed by atoms with Gasteiger partial charge in [0.15, 0.2) is 0 Å². The molecule has 1 aliphatic heterocycles. The lowest BCUT2D eigenvalue weighted by molar-refractivity contribution is 0.196. The third-order valence-corrected chi connectivity index (χ3v) is 3.70. The lowest BCUT2D eigenvalue weighted by atomic mass is 9.99. The summed E-state index contributed by atoms with van der Waals surface area (Å²) in [6, 6.07) is 2.05. The maximum atomic E-state index is 5.53. The number of aryl methyl sites for hydroxylation is 1. The van der Waals surface area contributed by atoms with Crippen LogP contribution in [0, 0.1) is 12.8 Å². The van der Waals surface area contributed by atoms with Gasteiger partial charge in [-0.3, -0.25) is 4.90 Å². The Morgan fingerprint density at radius 3 is 3.00 bits per heavy atom. The molecule has 1 aromatic rings. The molecular weight excluding hydrogens is 212 g/mol. The first-order chi connectivity index (χ1) is 8.29. The van der Waals surface area contributed by atoms with E-state index in [2.05, 4.69) is 24.1 Å². The minimum atomic E-state index is 0.805. The number of furan rings is 1. The van der Waals surface area contributed by atoms with Crippen LogP contribution in [0.15, 0.2) is 16.7 Å². The highest BCUT2D eigenvalue weighted by molar-refractivity contribution is 5.14. The molecule has 1 aliphatic rings. The predicted molar refractivity (Wildman–Crippen MR) is 70.0 cm³/mol. The van der Waals surface area contributed by atoms with Crippen molar-refractivity contribution >= 4 is 0 Å². The van der Waals surface area contributed by atoms with E-state index in [4.69, 9.17) is 4.42 Å². The topological polar surface area (TPSA) is 28.4 Å². The Morgan fingerprint density at radius 2 is 2.41 bits per heavy atom. The third kappa shape index (κ3) is 3.58. The molecule has 2 rings (SSSR count). The Hall–Kier alpha value is -0.800. The monoisotopic (exact) mass is 236 g/mol. The molecule has 0 aromatic carbocycles. The molecule has 1 N–H and O–H groups in total. The number of piperidine rings is 1. The number of rotatable bonds is 5. The van der Waals surface area contributed by atoms with Crippen LogP contribution in [0.4, 0.5) is 0 Å². The fourth-order valence-electron chi connectivity index (χ4n) is 2.52. The maximum Gasteiger partial charge on any atom is 0.120 e. The van der Waals surface area contributed by atoms with Crippen molar-refractivity contribution in [1.29, 1.82) is 0 Å². The van der Waals surface area contributed by atoms with Crippen LogP contribution in [0.3, 0.4) is 0 Å². The van der Waals surface area contributed by atoms with Crippen molar-refractivity contribution in [2.75, 3.05) is 26.2 Å². The molecule has 0 aliphatic carbocycles. The normalized spacial score (nSPS) is 21.0. The van der Waals surface area contributed by atoms with Gasteiger partial charge in [0.25, 0.3) is 0 Å². The predicted octanol–water partition coefficient (Wildman–Crippen LogP) is 2.41. The van der Waals surface area contributed by atoms with E-state index in [1.807, 2.05) is 6.07 Å². The summed E-state index contributed by atoms with van der Waals surface area (Å²) in [7, 11) is 0. The van der Waals surface area contributed by atoms with Crippen LogP contribution in [-0.2, 0) is 6.54 Å². The van der Waals surface area contributed by atoms with Gasteiger partial charge in [0.1, 0.15) is 5.76 Å². The van der Waals surface area contributed by atoms with Crippen LogP contribution in [0.2, 0.25) is 0 Å². The first-order valence-electron chi connectivity index (χ1n) is 6.75. The Labute approximate surface area is 104 Å². The lowest BCUT2D eigenvalue weighted by Crippen LogP contribution is -2.38. The fraction of sp³-hybridized carbons (Fsp3) is 0.714. The van der Waals surface area contributed by atoms with Gasteiger partial charge in [-0.1, -0.05) is 6.92 Å². The first kappa shape index (κ1) is 12.7. The van der Waals surface area contributed by atoms with Gasteiger partial charge in [-0.15, -0.1) is 0 Å². The highest BCUT2D eigenvalue weighted by Gasteiger charge is 2.17. The van der Waals surface area contributed by atoms with Gasteiger partial charge in [-0.05, 0) is 56.9 Å². The summed E-state index contributed by atoms with van der Waals surface area (Å²) >= 11 is 0. The van der Waals surface area contributed by atoms with Crippen molar-refractivity contribution in [3.05, 3.63) is 23.7 Å². The van der Waals surface area contributed by atoms with E-state index in [1.165, 1.54) is 38.0 Å². The summed E-state index contributed by atoms with van der Waals surface area (Å²) in [6.45, 7) is 9.95. The largest absolute Gasteiger partial charge is 0.468 e. The highest BCUT2D eigenvalue weighted by atomic mass is 16.3. The number of nitrogens with zero attached hydrogens (tertiary/aromatic N) is 1. The van der Waals surface area contributed by atoms with Crippen LogP contribution in [0.5, 0.6) is 0 Å². The smallest absolute Gasteiger partial charge is 0.120 e. The van der Waals surface area contributed by atoms with E-state index in [0.29, 0.717) is 0 Å². The Morgan fingerprint density at radius 1 is 1.53 bits per heavy atom. The molecule has 1 unspecified atom stereocenters. The van der Waals surface area contributed by atoms with Crippen LogP contribution in [0.25, 0.3) is 0 Å². The van der Waals surface area contributed by atoms with E-state index in [0.717, 1.165) is 24.8 Å². The van der Waals surface area contributed by atoms with Crippen LogP contribution >= 0.6 is 0 Å². The average Bonchev–Trinajstić information content (AvgIpc) is 2.75. The Balaban J connectivity index is 1.85. The molecule has 0 bridgehead atoms. The second-order valence-electron chi connectivity index (χ2n) is 5.07. The van der Waals surface area contributed by atoms with Crippen molar-refractivity contribution in [1.82, 2.24) is 10.2 Å². The van der Waals surface area contributed by atoms with Crippen LogP contribution in [-0.4, -0.2) is 31.1 Å². The molecule has 3 heteroatoms. The van der Waals surface area contributed by atoms with Gasteiger partial charge in [0.05, 0.1) is 12.8 Å². The molecule has 2 heterocycles. The van der Waals surface area contributed by atoms with E-state index >= 15 is 0 Å². The molecule has 1 aromatic heterocycles. The van der Waals surface area contributed by atoms with Crippen molar-refractivity contribution in [2.45, 2.75) is 33.2 Å². The second kappa shape index (κ2) is 6.22. The summed E-state index contributed by atoms with van der Waals surface area (Å²) in [5.41, 5.74) is 1.27. The number of nitrogens with one attached hydrogen (secondary N) is 1. The van der Waals surface area contributed by atoms with Crippen LogP contribution in [0.1, 0.15) is 31.1 Å². The van der Waals surface area contributed by atoms with Crippen molar-refractivity contribution in [3.8, 4) is 0 Å². The molecule has 1 saturated heterocycles. The molecule has 0 spiro atoms. The molecule has 1 atom stereocenters. The van der Waals surface area contributed by atoms with E-state index in [9.17, 15) is 0 Å². The standard InChI is InChI=1S/C14H24N2O/c1-3-16(10-13-5-4-7-15-9-13)11-14-12(2)6-8-17-14/h6,8,13,15H,3-5,7,9-11H2,1-2H3. The molecule has 1 fully saturated rings. The van der Waals surface area contributed by atoms with Crippen molar-refractivity contribution < 1.29 is 4.42 Å². The third-order valence-electron chi connectivity index (χ3n) is 3.70. The van der Waals surface area contributed by atoms with Crippen molar-refractivity contribution in [3.63, 3.8) is 0 Å². The molecule has 0 radical (unpaired) electrons. The minimum Gasteiger partial charge on any atom is -0.468 e. The van der Waals surface area contributed by atoms with E-state index in [1.54, 1.807) is 6.26 Å². The molecule has 96 valence electrons. The molecular formula is C14H24N2O. The minimum absolute atomic E-state index is 0.805. The van der Waals surface area contributed by atoms with Crippen molar-refractivity contribution in [2.24, 2.45) is 5.92 Å². The first-order valence-corrected chi connectivity index (χ1v) is 6.75. The summed E-state index contributed by atoms with van der Waals surface area (Å²) in [4.78, 5) is 2.49. The maximum absolute atomic E-state index is 5.53. The Bertz CT molecular complexity index is 329. The molecule has 0 saturated carbocycles. The molecule has 0 amide bonds. The van der Waals surface area contributed by atoms with Gasteiger partial charge < -0.3 is 9.73 Å². The SMILES string of the molecule is CCN(Cc1occc1C)CC1CCCNC1. The zero-order valence-corrected chi connectivity index (χ0v) is 11.0. The quantitative estimate of drug-likeness (QED) is 0.851. The summed E-state index contributed by atoms with van der Waals surface area (Å²) in [5.74, 6) is 1.93. The van der Waals surface area contributed by atoms with Gasteiger partial charge >= 0.3 is 0 Å². The van der Waals surface area contributed by atoms with Gasteiger partial charge in [0.2, 0.25) is 0 Å². The van der Waals surface area contributed by atoms with Gasteiger partial charge in [-0.25, -0.2) is 0 Å². The van der Waals surface area contributed by atoms with Gasteiger partial charge in [-0.2, -0.15) is 0 Å². The Kier molecular flexibility index (Phi) is 4.63. The zero-order chi connectivity index (χ0) is 12.1. The summed E-state index contributed by atoms with van der Waals surface area (Å²) in [6.07, 6.45) is 4.48. The second-order valence-corrected chi connectivity index (χ2v) is 5.07.